The van der Waals surface area contributed by atoms with Crippen LogP contribution >= 0.6 is 0 Å². The molecule has 0 bridgehead atoms. The van der Waals surface area contributed by atoms with Crippen LogP contribution in [0.2, 0.25) is 0 Å². The van der Waals surface area contributed by atoms with Gasteiger partial charge in [-0.25, -0.2) is 0 Å². The first kappa shape index (κ1) is 23.5. The van der Waals surface area contributed by atoms with Gasteiger partial charge in [-0.1, -0.05) is 88.2 Å². The van der Waals surface area contributed by atoms with Crippen LogP contribution in [-0.2, 0) is 0 Å². The number of hydrogen-bond donors (Lipinski definition) is 0. The summed E-state index contributed by atoms with van der Waals surface area (Å²) in [7, 11) is 0. The molecule has 0 N–H and O–H groups in total. The number of hydrogen-bond acceptors (Lipinski definition) is 3. The molecule has 2 fully saturated rings. The maximum absolute atomic E-state index is 5.71. The summed E-state index contributed by atoms with van der Waals surface area (Å²) in [4.78, 5) is 4.80. The summed E-state index contributed by atoms with van der Waals surface area (Å²) < 4.78 is 5.71. The van der Waals surface area contributed by atoms with Crippen molar-refractivity contribution < 1.29 is 4.52 Å². The average molecular weight is 437 g/mol. The molecule has 3 nitrogen and oxygen atoms in total. The van der Waals surface area contributed by atoms with E-state index in [1.54, 1.807) is 0 Å². The molecule has 176 valence electrons. The molecule has 1 heterocycles. The standard InChI is InChI=1S/C29H44N2O/c1-3-5-7-9-23-10-14-24(15-11-23)25-18-20-26(21-19-25)28-30-29(32-31-28)27-16-12-22(13-17-27)8-6-4-2/h18-24,27H,3-17H2,1-2H3. The van der Waals surface area contributed by atoms with Crippen LogP contribution < -0.4 is 0 Å². The molecule has 2 aliphatic rings. The van der Waals surface area contributed by atoms with Crippen molar-refractivity contribution in [1.82, 2.24) is 10.1 Å². The Hall–Kier alpha value is -1.64. The molecule has 0 unspecified atom stereocenters. The molecule has 4 rings (SSSR count). The second kappa shape index (κ2) is 12.0. The predicted molar refractivity (Wildman–Crippen MR) is 133 cm³/mol. The minimum absolute atomic E-state index is 0.459. The maximum atomic E-state index is 5.71. The molecule has 0 atom stereocenters. The number of unbranched alkanes of at least 4 members (excludes halogenated alkanes) is 3. The first-order valence-corrected chi connectivity index (χ1v) is 13.7. The lowest BCUT2D eigenvalue weighted by atomic mass is 9.77. The quantitative estimate of drug-likeness (QED) is 0.349. The van der Waals surface area contributed by atoms with Gasteiger partial charge < -0.3 is 4.52 Å². The van der Waals surface area contributed by atoms with Crippen molar-refractivity contribution in [2.75, 3.05) is 0 Å². The van der Waals surface area contributed by atoms with E-state index in [1.807, 2.05) is 0 Å². The van der Waals surface area contributed by atoms with Crippen LogP contribution in [0.1, 0.15) is 133 Å². The SMILES string of the molecule is CCCCCC1CCC(c2ccc(-c3noc(C4CCC(CCCC)CC4)n3)cc2)CC1. The highest BCUT2D eigenvalue weighted by Gasteiger charge is 2.27. The van der Waals surface area contributed by atoms with Gasteiger partial charge in [0, 0.05) is 11.5 Å². The summed E-state index contributed by atoms with van der Waals surface area (Å²) in [5.74, 6) is 4.69. The van der Waals surface area contributed by atoms with Gasteiger partial charge in [-0.15, -0.1) is 0 Å². The van der Waals surface area contributed by atoms with Crippen molar-refractivity contribution in [2.24, 2.45) is 11.8 Å². The summed E-state index contributed by atoms with van der Waals surface area (Å²) in [6, 6.07) is 9.04. The number of aromatic nitrogens is 2. The zero-order valence-corrected chi connectivity index (χ0v) is 20.5. The lowest BCUT2D eigenvalue weighted by molar-refractivity contribution is 0.260. The van der Waals surface area contributed by atoms with Gasteiger partial charge in [-0.3, -0.25) is 0 Å². The molecule has 1 aromatic carbocycles. The molecule has 0 aliphatic heterocycles. The third-order valence-electron chi connectivity index (χ3n) is 8.31. The van der Waals surface area contributed by atoms with Gasteiger partial charge in [0.1, 0.15) is 0 Å². The molecule has 2 saturated carbocycles. The number of rotatable bonds is 10. The van der Waals surface area contributed by atoms with Crippen molar-refractivity contribution in [3.8, 4) is 11.4 Å². The number of benzene rings is 1. The van der Waals surface area contributed by atoms with Crippen LogP contribution in [0.4, 0.5) is 0 Å². The van der Waals surface area contributed by atoms with E-state index in [2.05, 4.69) is 43.3 Å². The molecule has 32 heavy (non-hydrogen) atoms. The zero-order valence-electron chi connectivity index (χ0n) is 20.5. The van der Waals surface area contributed by atoms with E-state index in [1.165, 1.54) is 102 Å². The van der Waals surface area contributed by atoms with E-state index in [4.69, 9.17) is 9.51 Å². The molecule has 2 aromatic rings. The highest BCUT2D eigenvalue weighted by molar-refractivity contribution is 5.55. The first-order chi connectivity index (χ1) is 15.8. The molecule has 0 radical (unpaired) electrons. The fraction of sp³-hybridized carbons (Fsp3) is 0.724. The molecule has 0 saturated heterocycles. The number of nitrogens with zero attached hydrogens (tertiary/aromatic N) is 2. The predicted octanol–water partition coefficient (Wildman–Crippen LogP) is 9.05. The summed E-state index contributed by atoms with van der Waals surface area (Å²) in [6.45, 7) is 4.59. The summed E-state index contributed by atoms with van der Waals surface area (Å²) in [6.07, 6.45) is 20.2. The Morgan fingerprint density at radius 3 is 1.94 bits per heavy atom. The van der Waals surface area contributed by atoms with Crippen LogP contribution in [0.25, 0.3) is 11.4 Å². The van der Waals surface area contributed by atoms with Crippen LogP contribution in [-0.4, -0.2) is 10.1 Å². The van der Waals surface area contributed by atoms with E-state index < -0.39 is 0 Å². The fourth-order valence-corrected chi connectivity index (χ4v) is 6.08. The summed E-state index contributed by atoms with van der Waals surface area (Å²) in [5.41, 5.74) is 2.59. The molecular formula is C29H44N2O. The van der Waals surface area contributed by atoms with E-state index in [9.17, 15) is 0 Å². The fourth-order valence-electron chi connectivity index (χ4n) is 6.08. The van der Waals surface area contributed by atoms with E-state index in [0.29, 0.717) is 5.92 Å². The molecular weight excluding hydrogens is 392 g/mol. The monoisotopic (exact) mass is 436 g/mol. The van der Waals surface area contributed by atoms with Gasteiger partial charge in [-0.2, -0.15) is 4.98 Å². The third kappa shape index (κ3) is 6.23. The van der Waals surface area contributed by atoms with Crippen molar-refractivity contribution in [3.05, 3.63) is 35.7 Å². The minimum atomic E-state index is 0.459. The highest BCUT2D eigenvalue weighted by atomic mass is 16.5. The Balaban J connectivity index is 1.27. The highest BCUT2D eigenvalue weighted by Crippen LogP contribution is 2.39. The molecule has 0 spiro atoms. The van der Waals surface area contributed by atoms with Crippen LogP contribution in [0.3, 0.4) is 0 Å². The molecule has 2 aliphatic carbocycles. The maximum Gasteiger partial charge on any atom is 0.230 e. The summed E-state index contributed by atoms with van der Waals surface area (Å²) in [5, 5.41) is 4.33. The second-order valence-electron chi connectivity index (χ2n) is 10.7. The normalized spacial score (nSPS) is 26.3. The lowest BCUT2D eigenvalue weighted by Gasteiger charge is -2.29. The van der Waals surface area contributed by atoms with Crippen LogP contribution in [0.15, 0.2) is 28.8 Å². The van der Waals surface area contributed by atoms with Gasteiger partial charge in [-0.05, 0) is 74.7 Å². The molecule has 0 amide bonds. The summed E-state index contributed by atoms with van der Waals surface area (Å²) >= 11 is 0. The molecule has 1 aromatic heterocycles. The van der Waals surface area contributed by atoms with Gasteiger partial charge in [0.2, 0.25) is 11.7 Å². The lowest BCUT2D eigenvalue weighted by Crippen LogP contribution is -2.13. The van der Waals surface area contributed by atoms with Crippen molar-refractivity contribution in [1.29, 1.82) is 0 Å². The van der Waals surface area contributed by atoms with Crippen molar-refractivity contribution in [2.45, 2.75) is 122 Å². The average Bonchev–Trinajstić information content (AvgIpc) is 3.34. The Morgan fingerprint density at radius 2 is 1.31 bits per heavy atom. The van der Waals surface area contributed by atoms with Crippen molar-refractivity contribution in [3.63, 3.8) is 0 Å². The Bertz CT molecular complexity index is 780. The first-order valence-electron chi connectivity index (χ1n) is 13.7. The smallest absolute Gasteiger partial charge is 0.230 e. The second-order valence-corrected chi connectivity index (χ2v) is 10.7. The molecule has 3 heteroatoms. The topological polar surface area (TPSA) is 38.9 Å². The minimum Gasteiger partial charge on any atom is -0.339 e. The van der Waals surface area contributed by atoms with Crippen molar-refractivity contribution >= 4 is 0 Å². The van der Waals surface area contributed by atoms with Gasteiger partial charge in [0.05, 0.1) is 0 Å². The Morgan fingerprint density at radius 1 is 0.719 bits per heavy atom. The Labute approximate surface area is 195 Å². The van der Waals surface area contributed by atoms with Gasteiger partial charge in [0.25, 0.3) is 0 Å². The zero-order chi connectivity index (χ0) is 22.2. The largest absolute Gasteiger partial charge is 0.339 e. The van der Waals surface area contributed by atoms with E-state index in [0.717, 1.165) is 35.0 Å². The van der Waals surface area contributed by atoms with Crippen LogP contribution in [0.5, 0.6) is 0 Å². The van der Waals surface area contributed by atoms with Gasteiger partial charge >= 0.3 is 0 Å². The third-order valence-corrected chi connectivity index (χ3v) is 8.31. The van der Waals surface area contributed by atoms with E-state index in [-0.39, 0.29) is 0 Å². The Kier molecular flexibility index (Phi) is 8.82. The van der Waals surface area contributed by atoms with Crippen LogP contribution in [0, 0.1) is 11.8 Å². The van der Waals surface area contributed by atoms with E-state index >= 15 is 0 Å². The van der Waals surface area contributed by atoms with Gasteiger partial charge in [0.15, 0.2) is 0 Å².